The molecule has 0 fully saturated rings. The van der Waals surface area contributed by atoms with Gasteiger partial charge in [-0.05, 0) is 13.8 Å². The van der Waals surface area contributed by atoms with Gasteiger partial charge in [0.25, 0.3) is 0 Å². The van der Waals surface area contributed by atoms with E-state index in [2.05, 4.69) is 30.1 Å². The van der Waals surface area contributed by atoms with Gasteiger partial charge in [-0.15, -0.1) is 22.7 Å². The minimum Gasteiger partial charge on any atom is -0.459 e. The van der Waals surface area contributed by atoms with Crippen molar-refractivity contribution in [1.82, 2.24) is 9.97 Å². The van der Waals surface area contributed by atoms with Crippen LogP contribution in [0, 0.1) is 0 Å². The maximum Gasteiger partial charge on any atom is 0.397 e. The van der Waals surface area contributed by atoms with Crippen molar-refractivity contribution in [2.75, 3.05) is 23.8 Å². The molecule has 2 amide bonds. The van der Waals surface area contributed by atoms with Crippen molar-refractivity contribution < 1.29 is 28.7 Å². The molecule has 26 heavy (non-hydrogen) atoms. The third kappa shape index (κ3) is 5.07. The third-order valence-corrected chi connectivity index (χ3v) is 4.15. The van der Waals surface area contributed by atoms with Crippen LogP contribution < -0.4 is 10.6 Å². The largest absolute Gasteiger partial charge is 0.459 e. The molecule has 0 saturated heterocycles. The van der Waals surface area contributed by atoms with Gasteiger partial charge in [-0.25, -0.2) is 19.6 Å². The quantitative estimate of drug-likeness (QED) is 0.567. The first-order chi connectivity index (χ1) is 12.4. The van der Waals surface area contributed by atoms with Crippen LogP contribution in [-0.2, 0) is 28.7 Å². The molecular formula is C14H14N4O6S2. The van der Waals surface area contributed by atoms with E-state index in [1.165, 1.54) is 0 Å². The van der Waals surface area contributed by atoms with E-state index in [1.54, 1.807) is 24.6 Å². The van der Waals surface area contributed by atoms with Gasteiger partial charge < -0.3 is 9.47 Å². The standard InChI is InChI=1S/C14H14N4O6S2/c1-3-23-11(21)9(19)17-13-15-7(5-25-13)8-6-26-14(16-8)18-10(20)12(22)24-4-2/h5-6H,3-4H2,1-2H3,(H,15,17,19)(H,16,18,20). The zero-order valence-corrected chi connectivity index (χ0v) is 15.4. The maximum absolute atomic E-state index is 11.6. The number of aromatic nitrogens is 2. The van der Waals surface area contributed by atoms with Gasteiger partial charge in [0.2, 0.25) is 0 Å². The summed E-state index contributed by atoms with van der Waals surface area (Å²) in [5, 5.41) is 8.28. The average Bonchev–Trinajstić information content (AvgIpc) is 3.24. The fourth-order valence-electron chi connectivity index (χ4n) is 1.59. The molecule has 2 N–H and O–H groups in total. The lowest BCUT2D eigenvalue weighted by Gasteiger charge is -2.00. The number of rotatable bonds is 5. The highest BCUT2D eigenvalue weighted by Crippen LogP contribution is 2.28. The van der Waals surface area contributed by atoms with E-state index in [9.17, 15) is 19.2 Å². The van der Waals surface area contributed by atoms with Crippen LogP contribution >= 0.6 is 22.7 Å². The minimum atomic E-state index is -0.998. The predicted molar refractivity (Wildman–Crippen MR) is 93.7 cm³/mol. The summed E-state index contributed by atoms with van der Waals surface area (Å²) in [6, 6.07) is 0. The van der Waals surface area contributed by atoms with Crippen LogP contribution in [0.2, 0.25) is 0 Å². The molecule has 0 aliphatic carbocycles. The molecule has 2 rings (SSSR count). The number of carbonyl (C=O) groups excluding carboxylic acids is 4. The van der Waals surface area contributed by atoms with Crippen LogP contribution in [0.1, 0.15) is 13.8 Å². The number of hydrogen-bond acceptors (Lipinski definition) is 10. The molecule has 0 bridgehead atoms. The predicted octanol–water partition coefficient (Wildman–Crippen LogP) is 1.27. The number of nitrogens with zero attached hydrogens (tertiary/aromatic N) is 2. The summed E-state index contributed by atoms with van der Waals surface area (Å²) in [4.78, 5) is 54.0. The first-order valence-electron chi connectivity index (χ1n) is 7.32. The Labute approximate surface area is 155 Å². The molecule has 2 heterocycles. The van der Waals surface area contributed by atoms with Crippen LogP contribution in [0.5, 0.6) is 0 Å². The molecule has 12 heteroatoms. The number of ether oxygens (including phenoxy) is 2. The molecule has 0 aliphatic rings. The Hall–Kier alpha value is -2.86. The molecule has 0 aliphatic heterocycles. The van der Waals surface area contributed by atoms with Crippen molar-refractivity contribution in [3.63, 3.8) is 0 Å². The van der Waals surface area contributed by atoms with Gasteiger partial charge in [0.05, 0.1) is 13.2 Å². The summed E-state index contributed by atoms with van der Waals surface area (Å²) < 4.78 is 9.16. The fourth-order valence-corrected chi connectivity index (χ4v) is 2.99. The summed E-state index contributed by atoms with van der Waals surface area (Å²) in [6.45, 7) is 3.36. The van der Waals surface area contributed by atoms with Crippen LogP contribution in [-0.4, -0.2) is 46.9 Å². The van der Waals surface area contributed by atoms with Crippen molar-refractivity contribution in [1.29, 1.82) is 0 Å². The van der Waals surface area contributed by atoms with E-state index in [0.717, 1.165) is 22.7 Å². The van der Waals surface area contributed by atoms with Gasteiger partial charge in [-0.2, -0.15) is 0 Å². The van der Waals surface area contributed by atoms with E-state index in [1.807, 2.05) is 0 Å². The summed E-state index contributed by atoms with van der Waals surface area (Å²) in [5.41, 5.74) is 0.865. The highest BCUT2D eigenvalue weighted by atomic mass is 32.1. The first-order valence-corrected chi connectivity index (χ1v) is 9.08. The second-order valence-electron chi connectivity index (χ2n) is 4.42. The number of anilines is 2. The number of esters is 2. The molecule has 0 radical (unpaired) electrons. The van der Waals surface area contributed by atoms with E-state index in [-0.39, 0.29) is 23.5 Å². The molecule has 2 aromatic heterocycles. The van der Waals surface area contributed by atoms with E-state index in [4.69, 9.17) is 0 Å². The van der Waals surface area contributed by atoms with Crippen molar-refractivity contribution in [3.05, 3.63) is 10.8 Å². The van der Waals surface area contributed by atoms with Crippen LogP contribution in [0.25, 0.3) is 11.4 Å². The molecule has 0 saturated carbocycles. The highest BCUT2D eigenvalue weighted by molar-refractivity contribution is 7.15. The van der Waals surface area contributed by atoms with Crippen molar-refractivity contribution in [2.45, 2.75) is 13.8 Å². The molecule has 2 aromatic rings. The number of hydrogen-bond donors (Lipinski definition) is 2. The molecule has 0 aromatic carbocycles. The molecule has 0 unspecified atom stereocenters. The molecular weight excluding hydrogens is 384 g/mol. The number of nitrogens with one attached hydrogen (secondary N) is 2. The normalized spacial score (nSPS) is 10.1. The second-order valence-corrected chi connectivity index (χ2v) is 6.14. The lowest BCUT2D eigenvalue weighted by molar-refractivity contribution is -0.152. The molecule has 10 nitrogen and oxygen atoms in total. The zero-order chi connectivity index (χ0) is 19.1. The highest BCUT2D eigenvalue weighted by Gasteiger charge is 2.19. The Morgan fingerprint density at radius 2 is 1.23 bits per heavy atom. The van der Waals surface area contributed by atoms with Crippen LogP contribution in [0.4, 0.5) is 10.3 Å². The Balaban J connectivity index is 2.00. The average molecular weight is 398 g/mol. The summed E-state index contributed by atoms with van der Waals surface area (Å²) in [6.07, 6.45) is 0. The lowest BCUT2D eigenvalue weighted by atomic mass is 10.4. The Morgan fingerprint density at radius 1 is 0.846 bits per heavy atom. The Morgan fingerprint density at radius 3 is 1.58 bits per heavy atom. The van der Waals surface area contributed by atoms with Crippen LogP contribution in [0.3, 0.4) is 0 Å². The molecule has 0 atom stereocenters. The van der Waals surface area contributed by atoms with Gasteiger partial charge in [0, 0.05) is 10.8 Å². The van der Waals surface area contributed by atoms with Gasteiger partial charge in [0.1, 0.15) is 11.4 Å². The number of thiazole rings is 2. The Kier molecular flexibility index (Phi) is 6.74. The number of amides is 2. The summed E-state index contributed by atoms with van der Waals surface area (Å²) >= 11 is 2.19. The first kappa shape index (κ1) is 19.5. The smallest absolute Gasteiger partial charge is 0.397 e. The monoisotopic (exact) mass is 398 g/mol. The van der Waals surface area contributed by atoms with Gasteiger partial charge in [-0.3, -0.25) is 20.2 Å². The zero-order valence-electron chi connectivity index (χ0n) is 13.7. The number of carbonyl (C=O) groups is 4. The minimum absolute atomic E-state index is 0.0918. The Bertz CT molecular complexity index is 763. The third-order valence-electron chi connectivity index (χ3n) is 2.63. The van der Waals surface area contributed by atoms with Crippen molar-refractivity contribution >= 4 is 56.7 Å². The van der Waals surface area contributed by atoms with E-state index >= 15 is 0 Å². The van der Waals surface area contributed by atoms with Crippen molar-refractivity contribution in [3.8, 4) is 11.4 Å². The van der Waals surface area contributed by atoms with Crippen LogP contribution in [0.15, 0.2) is 10.8 Å². The fraction of sp³-hybridized carbons (Fsp3) is 0.286. The molecule has 138 valence electrons. The van der Waals surface area contributed by atoms with Crippen molar-refractivity contribution in [2.24, 2.45) is 0 Å². The van der Waals surface area contributed by atoms with Gasteiger partial charge in [-0.1, -0.05) is 0 Å². The van der Waals surface area contributed by atoms with Gasteiger partial charge in [0.15, 0.2) is 10.3 Å². The maximum atomic E-state index is 11.6. The molecule has 0 spiro atoms. The SMILES string of the molecule is CCOC(=O)C(=O)Nc1nc(-c2csc(NC(=O)C(=O)OCC)n2)cs1. The topological polar surface area (TPSA) is 137 Å². The van der Waals surface area contributed by atoms with E-state index in [0.29, 0.717) is 11.4 Å². The van der Waals surface area contributed by atoms with Gasteiger partial charge >= 0.3 is 23.8 Å². The van der Waals surface area contributed by atoms with E-state index < -0.39 is 23.8 Å². The lowest BCUT2D eigenvalue weighted by Crippen LogP contribution is -2.24. The summed E-state index contributed by atoms with van der Waals surface area (Å²) in [7, 11) is 0. The summed E-state index contributed by atoms with van der Waals surface area (Å²) in [5.74, 6) is -3.84. The second kappa shape index (κ2) is 9.01.